The van der Waals surface area contributed by atoms with Crippen molar-refractivity contribution in [1.29, 1.82) is 5.26 Å². The summed E-state index contributed by atoms with van der Waals surface area (Å²) in [7, 11) is 0. The first-order valence-corrected chi connectivity index (χ1v) is 5.93. The molecule has 0 spiro atoms. The van der Waals surface area contributed by atoms with Crippen molar-refractivity contribution in [1.82, 2.24) is 14.9 Å². The van der Waals surface area contributed by atoms with Crippen LogP contribution in [0.5, 0.6) is 0 Å². The van der Waals surface area contributed by atoms with Crippen LogP contribution >= 0.6 is 0 Å². The van der Waals surface area contributed by atoms with E-state index in [9.17, 15) is 0 Å². The summed E-state index contributed by atoms with van der Waals surface area (Å²) in [5.74, 6) is 0.891. The van der Waals surface area contributed by atoms with Gasteiger partial charge in [-0.05, 0) is 25.1 Å². The third kappa shape index (κ3) is 1.69. The van der Waals surface area contributed by atoms with Crippen molar-refractivity contribution in [3.8, 4) is 6.07 Å². The van der Waals surface area contributed by atoms with Gasteiger partial charge < -0.3 is 9.88 Å². The van der Waals surface area contributed by atoms with Crippen LogP contribution < -0.4 is 5.32 Å². The molecule has 0 bridgehead atoms. The van der Waals surface area contributed by atoms with E-state index in [1.54, 1.807) is 0 Å². The Morgan fingerprint density at radius 3 is 3.12 bits per heavy atom. The molecule has 1 atom stereocenters. The first-order chi connectivity index (χ1) is 8.40. The van der Waals surface area contributed by atoms with E-state index in [-0.39, 0.29) is 0 Å². The van der Waals surface area contributed by atoms with Gasteiger partial charge in [0, 0.05) is 12.6 Å². The van der Waals surface area contributed by atoms with E-state index in [4.69, 9.17) is 5.26 Å². The molecule has 1 N–H and O–H groups in total. The van der Waals surface area contributed by atoms with Crippen LogP contribution in [0.3, 0.4) is 0 Å². The van der Waals surface area contributed by atoms with Gasteiger partial charge in [0.05, 0.1) is 23.5 Å². The molecule has 1 aromatic heterocycles. The molecule has 2 aromatic rings. The number of benzene rings is 1. The summed E-state index contributed by atoms with van der Waals surface area (Å²) in [5.41, 5.74) is 2.14. The molecule has 1 saturated heterocycles. The smallest absolute Gasteiger partial charge is 0.124 e. The topological polar surface area (TPSA) is 53.6 Å². The number of nitrogens with zero attached hydrogens (tertiary/aromatic N) is 3. The van der Waals surface area contributed by atoms with Crippen molar-refractivity contribution in [3.63, 3.8) is 0 Å². The van der Waals surface area contributed by atoms with Gasteiger partial charge in [-0.15, -0.1) is 0 Å². The Bertz CT molecular complexity index is 573. The SMILES string of the molecule is N#CCc1nc2ccccc2n1C1CCNC1. The van der Waals surface area contributed by atoms with Crippen molar-refractivity contribution >= 4 is 11.0 Å². The first kappa shape index (κ1) is 10.3. The van der Waals surface area contributed by atoms with Crippen LogP contribution in [0.15, 0.2) is 24.3 Å². The van der Waals surface area contributed by atoms with Gasteiger partial charge in [-0.2, -0.15) is 5.26 Å². The Morgan fingerprint density at radius 1 is 1.47 bits per heavy atom. The van der Waals surface area contributed by atoms with E-state index in [0.29, 0.717) is 12.5 Å². The molecule has 17 heavy (non-hydrogen) atoms. The minimum atomic E-state index is 0.380. The standard InChI is InChI=1S/C13H14N4/c14-7-5-13-16-11-3-1-2-4-12(11)17(13)10-6-8-15-9-10/h1-4,10,15H,5-6,8-9H2. The van der Waals surface area contributed by atoms with Crippen molar-refractivity contribution in [2.24, 2.45) is 0 Å². The molecule has 1 fully saturated rings. The minimum absolute atomic E-state index is 0.380. The summed E-state index contributed by atoms with van der Waals surface area (Å²) in [6.45, 7) is 2.02. The third-order valence-corrected chi connectivity index (χ3v) is 3.31. The molecule has 86 valence electrons. The number of nitriles is 1. The molecule has 0 radical (unpaired) electrons. The van der Waals surface area contributed by atoms with Gasteiger partial charge in [0.15, 0.2) is 0 Å². The lowest BCUT2D eigenvalue weighted by Gasteiger charge is -2.14. The highest BCUT2D eigenvalue weighted by Gasteiger charge is 2.21. The molecular weight excluding hydrogens is 212 g/mol. The maximum Gasteiger partial charge on any atom is 0.124 e. The van der Waals surface area contributed by atoms with Crippen molar-refractivity contribution < 1.29 is 0 Å². The van der Waals surface area contributed by atoms with Crippen LogP contribution in [0.25, 0.3) is 11.0 Å². The number of nitrogens with one attached hydrogen (secondary N) is 1. The van der Waals surface area contributed by atoms with E-state index in [0.717, 1.165) is 36.4 Å². The van der Waals surface area contributed by atoms with Crippen molar-refractivity contribution in [2.75, 3.05) is 13.1 Å². The summed E-state index contributed by atoms with van der Waals surface area (Å²) in [5, 5.41) is 12.3. The molecular formula is C13H14N4. The summed E-state index contributed by atoms with van der Waals surface area (Å²) in [6.07, 6.45) is 1.49. The maximum absolute atomic E-state index is 8.89. The molecule has 0 aliphatic carbocycles. The number of para-hydroxylation sites is 2. The lowest BCUT2D eigenvalue weighted by molar-refractivity contribution is 0.543. The van der Waals surface area contributed by atoms with Crippen molar-refractivity contribution in [3.05, 3.63) is 30.1 Å². The molecule has 1 unspecified atom stereocenters. The van der Waals surface area contributed by atoms with Gasteiger partial charge in [0.1, 0.15) is 5.82 Å². The van der Waals surface area contributed by atoms with Gasteiger partial charge in [0.25, 0.3) is 0 Å². The average Bonchev–Trinajstić information content (AvgIpc) is 2.94. The van der Waals surface area contributed by atoms with Crippen LogP contribution in [0.4, 0.5) is 0 Å². The van der Waals surface area contributed by atoms with E-state index < -0.39 is 0 Å². The fourth-order valence-electron chi connectivity index (χ4n) is 2.56. The number of hydrogen-bond acceptors (Lipinski definition) is 3. The molecule has 0 saturated carbocycles. The lowest BCUT2D eigenvalue weighted by atomic mass is 10.2. The largest absolute Gasteiger partial charge is 0.323 e. The molecule has 1 aliphatic heterocycles. The maximum atomic E-state index is 8.89. The first-order valence-electron chi connectivity index (χ1n) is 5.93. The second-order valence-electron chi connectivity index (χ2n) is 4.37. The number of fused-ring (bicyclic) bond motifs is 1. The summed E-state index contributed by atoms with van der Waals surface area (Å²) >= 11 is 0. The lowest BCUT2D eigenvalue weighted by Crippen LogP contribution is -2.15. The fourth-order valence-corrected chi connectivity index (χ4v) is 2.56. The Balaban J connectivity index is 2.17. The van der Waals surface area contributed by atoms with E-state index in [1.165, 1.54) is 0 Å². The zero-order chi connectivity index (χ0) is 11.7. The van der Waals surface area contributed by atoms with Gasteiger partial charge in [-0.25, -0.2) is 4.98 Å². The zero-order valence-electron chi connectivity index (χ0n) is 9.56. The van der Waals surface area contributed by atoms with Crippen LogP contribution in [0.1, 0.15) is 18.3 Å². The quantitative estimate of drug-likeness (QED) is 0.847. The summed E-state index contributed by atoms with van der Waals surface area (Å²) in [4.78, 5) is 4.56. The Labute approximate surface area is 99.9 Å². The molecule has 1 aromatic carbocycles. The fraction of sp³-hybridized carbons (Fsp3) is 0.385. The van der Waals surface area contributed by atoms with Crippen LogP contribution in [-0.4, -0.2) is 22.6 Å². The van der Waals surface area contributed by atoms with Crippen LogP contribution in [0.2, 0.25) is 0 Å². The monoisotopic (exact) mass is 226 g/mol. The van der Waals surface area contributed by atoms with Crippen molar-refractivity contribution in [2.45, 2.75) is 18.9 Å². The highest BCUT2D eigenvalue weighted by Crippen LogP contribution is 2.25. The Kier molecular flexibility index (Phi) is 2.54. The minimum Gasteiger partial charge on any atom is -0.323 e. The highest BCUT2D eigenvalue weighted by atomic mass is 15.1. The number of imidazole rings is 1. The number of rotatable bonds is 2. The molecule has 4 heteroatoms. The highest BCUT2D eigenvalue weighted by molar-refractivity contribution is 5.76. The zero-order valence-corrected chi connectivity index (χ0v) is 9.56. The van der Waals surface area contributed by atoms with Crippen LogP contribution in [0, 0.1) is 11.3 Å². The normalized spacial score (nSPS) is 19.6. The second-order valence-corrected chi connectivity index (χ2v) is 4.37. The van der Waals surface area contributed by atoms with E-state index >= 15 is 0 Å². The molecule has 4 nitrogen and oxygen atoms in total. The van der Waals surface area contributed by atoms with E-state index in [2.05, 4.69) is 27.0 Å². The predicted octanol–water partition coefficient (Wildman–Crippen LogP) is 1.64. The Morgan fingerprint density at radius 2 is 2.35 bits per heavy atom. The summed E-state index contributed by atoms with van der Waals surface area (Å²) in [6, 6.07) is 10.8. The third-order valence-electron chi connectivity index (χ3n) is 3.31. The molecule has 0 amide bonds. The second kappa shape index (κ2) is 4.19. The number of hydrogen-bond donors (Lipinski definition) is 1. The van der Waals surface area contributed by atoms with Gasteiger partial charge in [-0.3, -0.25) is 0 Å². The van der Waals surface area contributed by atoms with Gasteiger partial charge in [-0.1, -0.05) is 12.1 Å². The van der Waals surface area contributed by atoms with Gasteiger partial charge in [0.2, 0.25) is 0 Å². The number of aromatic nitrogens is 2. The Hall–Kier alpha value is -1.86. The molecule has 1 aliphatic rings. The van der Waals surface area contributed by atoms with E-state index in [1.807, 2.05) is 18.2 Å². The van der Waals surface area contributed by atoms with Gasteiger partial charge >= 0.3 is 0 Å². The molecule has 3 rings (SSSR count). The average molecular weight is 226 g/mol. The predicted molar refractivity (Wildman–Crippen MR) is 65.6 cm³/mol. The van der Waals surface area contributed by atoms with Crippen LogP contribution in [-0.2, 0) is 6.42 Å². The molecule has 2 heterocycles. The summed E-state index contributed by atoms with van der Waals surface area (Å²) < 4.78 is 2.23.